The summed E-state index contributed by atoms with van der Waals surface area (Å²) < 4.78 is 13.4. The quantitative estimate of drug-likeness (QED) is 0.446. The van der Waals surface area contributed by atoms with Gasteiger partial charge in [0.25, 0.3) is 0 Å². The van der Waals surface area contributed by atoms with E-state index in [1.54, 1.807) is 0 Å². The second-order valence-corrected chi connectivity index (χ2v) is 8.53. The van der Waals surface area contributed by atoms with E-state index in [1.807, 2.05) is 110 Å². The summed E-state index contributed by atoms with van der Waals surface area (Å²) in [6, 6.07) is 31.2. The highest BCUT2D eigenvalue weighted by Crippen LogP contribution is 2.31. The highest BCUT2D eigenvalue weighted by Gasteiger charge is 2.21. The van der Waals surface area contributed by atoms with Gasteiger partial charge in [-0.2, -0.15) is 0 Å². The Labute approximate surface area is 173 Å². The Hall–Kier alpha value is -3.01. The number of hydrogen-bond acceptors (Lipinski definition) is 2. The van der Waals surface area contributed by atoms with Crippen molar-refractivity contribution < 1.29 is 9.32 Å². The molecule has 0 radical (unpaired) electrons. The summed E-state index contributed by atoms with van der Waals surface area (Å²) in [7, 11) is -1.48. The van der Waals surface area contributed by atoms with E-state index in [4.69, 9.17) is 0 Å². The van der Waals surface area contributed by atoms with Crippen molar-refractivity contribution in [3.8, 4) is 0 Å². The smallest absolute Gasteiger partial charge is 0.113 e. The predicted molar refractivity (Wildman–Crippen MR) is 121 cm³/mol. The number of benzene rings is 4. The molecule has 29 heavy (non-hydrogen) atoms. The number of aliphatic hydroxyl groups is 1. The fraction of sp³-hybridized carbons (Fsp3) is 0.0769. The zero-order valence-corrected chi connectivity index (χ0v) is 17.0. The largest absolute Gasteiger partial charge is 0.383 e. The van der Waals surface area contributed by atoms with Crippen molar-refractivity contribution in [1.82, 2.24) is 0 Å². The number of hydrogen-bond donors (Lipinski definition) is 1. The minimum absolute atomic E-state index is 0.468. The monoisotopic (exact) mass is 398 g/mol. The first-order chi connectivity index (χ1) is 14.1. The normalized spacial score (nSPS) is 13.9. The molecule has 0 bridgehead atoms. The van der Waals surface area contributed by atoms with Crippen LogP contribution < -0.4 is 0 Å². The van der Waals surface area contributed by atoms with E-state index < -0.39 is 16.9 Å². The topological polar surface area (TPSA) is 37.3 Å². The summed E-state index contributed by atoms with van der Waals surface area (Å²) in [4.78, 5) is 1.15. The standard InChI is InChI=1S/C26H22O2S/c1-19-11-15-24(16-12-19)29(28)25(17-20-7-3-2-4-8-20)26(27)23-14-13-21-9-5-6-10-22(21)18-23/h2-18,26-27H,1H3/b25-17+/t26-,29?/m0/s1. The molecule has 1 unspecified atom stereocenters. The molecule has 4 aromatic carbocycles. The molecule has 0 fully saturated rings. The average Bonchev–Trinajstić information content (AvgIpc) is 2.77. The molecule has 0 heterocycles. The van der Waals surface area contributed by atoms with Gasteiger partial charge >= 0.3 is 0 Å². The van der Waals surface area contributed by atoms with Crippen LogP contribution in [0.2, 0.25) is 0 Å². The molecule has 4 aromatic rings. The third-order valence-electron chi connectivity index (χ3n) is 4.92. The van der Waals surface area contributed by atoms with Crippen molar-refractivity contribution in [3.63, 3.8) is 0 Å². The summed E-state index contributed by atoms with van der Waals surface area (Å²) >= 11 is 0. The van der Waals surface area contributed by atoms with Gasteiger partial charge in [-0.05, 0) is 53.1 Å². The molecule has 0 aromatic heterocycles. The SMILES string of the molecule is Cc1ccc(S(=O)/C(=C/c2ccccc2)[C@@H](O)c2ccc3ccccc3c2)cc1. The summed E-state index contributed by atoms with van der Waals surface area (Å²) in [5, 5.41) is 13.4. The zero-order valence-electron chi connectivity index (χ0n) is 16.2. The van der Waals surface area contributed by atoms with Crippen molar-refractivity contribution in [2.45, 2.75) is 17.9 Å². The Morgan fingerprint density at radius 2 is 1.48 bits per heavy atom. The highest BCUT2D eigenvalue weighted by molar-refractivity contribution is 7.89. The molecule has 2 atom stereocenters. The third-order valence-corrected chi connectivity index (χ3v) is 6.39. The lowest BCUT2D eigenvalue weighted by Crippen LogP contribution is -2.08. The minimum atomic E-state index is -1.48. The Balaban J connectivity index is 1.79. The second kappa shape index (κ2) is 8.56. The van der Waals surface area contributed by atoms with E-state index in [2.05, 4.69) is 0 Å². The van der Waals surface area contributed by atoms with E-state index in [9.17, 15) is 9.32 Å². The molecule has 0 saturated carbocycles. The van der Waals surface area contributed by atoms with Gasteiger partial charge in [0.1, 0.15) is 6.10 Å². The van der Waals surface area contributed by atoms with Crippen LogP contribution in [0.1, 0.15) is 22.8 Å². The van der Waals surface area contributed by atoms with E-state index in [0.717, 1.165) is 27.5 Å². The van der Waals surface area contributed by atoms with Gasteiger partial charge in [0.05, 0.1) is 15.7 Å². The summed E-state index contributed by atoms with van der Waals surface area (Å²) in [6.45, 7) is 2.00. The van der Waals surface area contributed by atoms with E-state index >= 15 is 0 Å². The lowest BCUT2D eigenvalue weighted by molar-refractivity contribution is 0.225. The van der Waals surface area contributed by atoms with Crippen LogP contribution in [0.5, 0.6) is 0 Å². The number of aliphatic hydroxyl groups excluding tert-OH is 1. The number of aryl methyl sites for hydroxylation is 1. The van der Waals surface area contributed by atoms with Gasteiger partial charge in [-0.3, -0.25) is 0 Å². The van der Waals surface area contributed by atoms with Crippen LogP contribution in [-0.4, -0.2) is 9.32 Å². The Bertz CT molecular complexity index is 1180. The molecule has 2 nitrogen and oxygen atoms in total. The van der Waals surface area contributed by atoms with Gasteiger partial charge < -0.3 is 5.11 Å². The molecule has 0 aliphatic rings. The van der Waals surface area contributed by atoms with E-state index in [-0.39, 0.29) is 0 Å². The molecule has 1 N–H and O–H groups in total. The molecule has 0 spiro atoms. The minimum Gasteiger partial charge on any atom is -0.383 e. The van der Waals surface area contributed by atoms with Gasteiger partial charge in [-0.1, -0.05) is 84.4 Å². The summed E-state index contributed by atoms with van der Waals surface area (Å²) in [5.74, 6) is 0. The Kier molecular flexibility index (Phi) is 5.70. The van der Waals surface area contributed by atoms with Crippen LogP contribution in [0.3, 0.4) is 0 Å². The Morgan fingerprint density at radius 1 is 0.828 bits per heavy atom. The number of rotatable bonds is 5. The maximum Gasteiger partial charge on any atom is 0.113 e. The van der Waals surface area contributed by atoms with Crippen LogP contribution in [0.4, 0.5) is 0 Å². The molecule has 0 saturated heterocycles. The van der Waals surface area contributed by atoms with Crippen LogP contribution in [-0.2, 0) is 10.8 Å². The van der Waals surface area contributed by atoms with Crippen LogP contribution in [0, 0.1) is 6.92 Å². The molecule has 0 aliphatic carbocycles. The average molecular weight is 399 g/mol. The van der Waals surface area contributed by atoms with E-state index in [0.29, 0.717) is 9.80 Å². The summed E-state index contributed by atoms with van der Waals surface area (Å²) in [5.41, 5.74) is 2.74. The van der Waals surface area contributed by atoms with Gasteiger partial charge in [-0.25, -0.2) is 4.21 Å². The fourth-order valence-electron chi connectivity index (χ4n) is 3.29. The van der Waals surface area contributed by atoms with E-state index in [1.165, 1.54) is 0 Å². The van der Waals surface area contributed by atoms with Crippen molar-refractivity contribution >= 4 is 27.6 Å². The fourth-order valence-corrected chi connectivity index (χ4v) is 4.52. The second-order valence-electron chi connectivity index (χ2n) is 7.05. The van der Waals surface area contributed by atoms with Crippen molar-refractivity contribution in [2.75, 3.05) is 0 Å². The van der Waals surface area contributed by atoms with Crippen LogP contribution >= 0.6 is 0 Å². The van der Waals surface area contributed by atoms with Gasteiger partial charge in [0.15, 0.2) is 0 Å². The first-order valence-electron chi connectivity index (χ1n) is 9.54. The first-order valence-corrected chi connectivity index (χ1v) is 10.7. The molecule has 3 heteroatoms. The molecule has 4 rings (SSSR count). The molecule has 144 valence electrons. The maximum absolute atomic E-state index is 13.4. The first kappa shape index (κ1) is 19.3. The molecular weight excluding hydrogens is 376 g/mol. The van der Waals surface area contributed by atoms with Gasteiger partial charge in [0, 0.05) is 4.90 Å². The van der Waals surface area contributed by atoms with Gasteiger partial charge in [-0.15, -0.1) is 0 Å². The molecule has 0 aliphatic heterocycles. The van der Waals surface area contributed by atoms with Crippen LogP contribution in [0.15, 0.2) is 107 Å². The molecule has 0 amide bonds. The summed E-state index contributed by atoms with van der Waals surface area (Å²) in [6.07, 6.45) is 0.859. The maximum atomic E-state index is 13.4. The molecular formula is C26H22O2S. The van der Waals surface area contributed by atoms with Crippen LogP contribution in [0.25, 0.3) is 16.8 Å². The number of fused-ring (bicyclic) bond motifs is 1. The highest BCUT2D eigenvalue weighted by atomic mass is 32.2. The van der Waals surface area contributed by atoms with Crippen molar-refractivity contribution in [1.29, 1.82) is 0 Å². The lowest BCUT2D eigenvalue weighted by atomic mass is 10.0. The lowest BCUT2D eigenvalue weighted by Gasteiger charge is -2.17. The van der Waals surface area contributed by atoms with Crippen molar-refractivity contribution in [2.24, 2.45) is 0 Å². The van der Waals surface area contributed by atoms with Gasteiger partial charge in [0.2, 0.25) is 0 Å². The zero-order chi connectivity index (χ0) is 20.2. The third kappa shape index (κ3) is 4.37. The van der Waals surface area contributed by atoms with Crippen molar-refractivity contribution in [3.05, 3.63) is 119 Å². The predicted octanol–water partition coefficient (Wildman–Crippen LogP) is 6.03. The Morgan fingerprint density at radius 3 is 2.21 bits per heavy atom.